The molecular weight excluding hydrogens is 266 g/mol. The maximum Gasteiger partial charge on any atom is 0.412 e. The molecule has 4 nitrogen and oxygen atoms in total. The van der Waals surface area contributed by atoms with Crippen LogP contribution in [-0.2, 0) is 4.74 Å². The monoisotopic (exact) mass is 295 g/mol. The molecule has 1 aromatic carbocycles. The lowest BCUT2D eigenvalue weighted by molar-refractivity contribution is 0.0636. The lowest BCUT2D eigenvalue weighted by atomic mass is 10.1. The third-order valence-electron chi connectivity index (χ3n) is 1.94. The summed E-state index contributed by atoms with van der Waals surface area (Å²) in [6, 6.07) is 6.66. The van der Waals surface area contributed by atoms with Gasteiger partial charge in [-0.15, -0.1) is 0 Å². The molecule has 0 fully saturated rings. The Balaban J connectivity index is 0. The fourth-order valence-corrected chi connectivity index (χ4v) is 1.21. The molecule has 0 radical (unpaired) electrons. The number of rotatable bonds is 2. The molecule has 0 aliphatic heterocycles. The van der Waals surface area contributed by atoms with Gasteiger partial charge in [0.15, 0.2) is 5.78 Å². The maximum absolute atomic E-state index is 11.4. The van der Waals surface area contributed by atoms with E-state index in [0.29, 0.717) is 11.3 Å². The number of hydrogen-bond donors (Lipinski definition) is 1. The highest BCUT2D eigenvalue weighted by molar-refractivity contribution is 5.94. The zero-order chi connectivity index (χ0) is 17.1. The Bertz CT molecular complexity index is 417. The molecule has 4 heteroatoms. The number of anilines is 1. The summed E-state index contributed by atoms with van der Waals surface area (Å²) in [4.78, 5) is 22.5. The summed E-state index contributed by atoms with van der Waals surface area (Å²) in [7, 11) is 0. The Kier molecular flexibility index (Phi) is 11.1. The second-order valence-corrected chi connectivity index (χ2v) is 4.76. The van der Waals surface area contributed by atoms with Crippen LogP contribution in [0.25, 0.3) is 0 Å². The molecule has 0 aromatic heterocycles. The second-order valence-electron chi connectivity index (χ2n) is 4.76. The first kappa shape index (κ1) is 21.5. The number of nitrogens with one attached hydrogen (secondary N) is 1. The van der Waals surface area contributed by atoms with Crippen LogP contribution in [0, 0.1) is 0 Å². The fourth-order valence-electron chi connectivity index (χ4n) is 1.21. The molecule has 0 bridgehead atoms. The molecular formula is C17H29NO3. The number of carbonyl (C=O) groups is 2. The minimum atomic E-state index is -0.524. The van der Waals surface area contributed by atoms with Crippen molar-refractivity contribution >= 4 is 17.6 Å². The van der Waals surface area contributed by atoms with Gasteiger partial charge < -0.3 is 4.74 Å². The Morgan fingerprint density at radius 1 is 0.952 bits per heavy atom. The van der Waals surface area contributed by atoms with Crippen LogP contribution < -0.4 is 5.32 Å². The van der Waals surface area contributed by atoms with Crippen LogP contribution in [0.15, 0.2) is 24.3 Å². The molecule has 1 rings (SSSR count). The molecule has 0 saturated carbocycles. The lowest BCUT2D eigenvalue weighted by Crippen LogP contribution is -2.27. The summed E-state index contributed by atoms with van der Waals surface area (Å²) in [6.45, 7) is 14.9. The average molecular weight is 295 g/mol. The van der Waals surface area contributed by atoms with E-state index in [1.54, 1.807) is 45.0 Å². The van der Waals surface area contributed by atoms with Gasteiger partial charge in [-0.2, -0.15) is 0 Å². The molecule has 1 aromatic rings. The summed E-state index contributed by atoms with van der Waals surface area (Å²) < 4.78 is 5.10. The number of ketones is 1. The van der Waals surface area contributed by atoms with Gasteiger partial charge in [0.25, 0.3) is 0 Å². The van der Waals surface area contributed by atoms with E-state index < -0.39 is 11.7 Å². The molecule has 1 N–H and O–H groups in total. The van der Waals surface area contributed by atoms with E-state index in [1.165, 1.54) is 6.92 Å². The van der Waals surface area contributed by atoms with Crippen molar-refractivity contribution in [2.45, 2.75) is 61.0 Å². The minimum absolute atomic E-state index is 0.00572. The predicted molar refractivity (Wildman–Crippen MR) is 89.0 cm³/mol. The van der Waals surface area contributed by atoms with Crippen LogP contribution >= 0.6 is 0 Å². The fraction of sp³-hybridized carbons (Fsp3) is 0.529. The smallest absolute Gasteiger partial charge is 0.412 e. The Labute approximate surface area is 128 Å². The van der Waals surface area contributed by atoms with Crippen molar-refractivity contribution in [2.24, 2.45) is 0 Å². The molecule has 120 valence electrons. The number of amides is 1. The quantitative estimate of drug-likeness (QED) is 0.754. The molecule has 0 atom stereocenters. The number of hydrogen-bond acceptors (Lipinski definition) is 3. The summed E-state index contributed by atoms with van der Waals surface area (Å²) in [6.07, 6.45) is -0.506. The van der Waals surface area contributed by atoms with E-state index in [0.717, 1.165) is 0 Å². The second kappa shape index (κ2) is 10.9. The Morgan fingerprint density at radius 2 is 1.38 bits per heavy atom. The van der Waals surface area contributed by atoms with E-state index in [2.05, 4.69) is 5.32 Å². The maximum atomic E-state index is 11.4. The molecule has 0 saturated heterocycles. The van der Waals surface area contributed by atoms with E-state index in [-0.39, 0.29) is 5.78 Å². The number of carbonyl (C=O) groups excluding carboxylic acids is 2. The summed E-state index contributed by atoms with van der Waals surface area (Å²) in [5, 5.41) is 2.59. The number of ether oxygens (including phenoxy) is 1. The van der Waals surface area contributed by atoms with Crippen molar-refractivity contribution < 1.29 is 14.3 Å². The molecule has 0 heterocycles. The van der Waals surface area contributed by atoms with Gasteiger partial charge in [0.2, 0.25) is 0 Å². The molecule has 1 amide bonds. The standard InChI is InChI=1S/C13H17NO3.2C2H6/c1-9(15)10-5-7-11(8-6-10)14-12(16)17-13(2,3)4;2*1-2/h5-8H,1-4H3,(H,14,16);2*1-2H3. The SMILES string of the molecule is CC.CC.CC(=O)c1ccc(NC(=O)OC(C)(C)C)cc1. The van der Waals surface area contributed by atoms with Crippen LogP contribution in [0.4, 0.5) is 10.5 Å². The first-order chi connectivity index (χ1) is 9.78. The van der Waals surface area contributed by atoms with Crippen LogP contribution in [0.1, 0.15) is 65.7 Å². The van der Waals surface area contributed by atoms with Crippen LogP contribution in [0.2, 0.25) is 0 Å². The van der Waals surface area contributed by atoms with E-state index >= 15 is 0 Å². The van der Waals surface area contributed by atoms with Gasteiger partial charge >= 0.3 is 6.09 Å². The van der Waals surface area contributed by atoms with Crippen molar-refractivity contribution in [3.05, 3.63) is 29.8 Å². The molecule has 0 aliphatic carbocycles. The van der Waals surface area contributed by atoms with E-state index in [1.807, 2.05) is 27.7 Å². The average Bonchev–Trinajstić information content (AvgIpc) is 2.41. The van der Waals surface area contributed by atoms with Crippen LogP contribution in [-0.4, -0.2) is 17.5 Å². The first-order valence-electron chi connectivity index (χ1n) is 7.39. The summed E-state index contributed by atoms with van der Waals surface area (Å²) in [5.41, 5.74) is 0.688. The largest absolute Gasteiger partial charge is 0.444 e. The number of benzene rings is 1. The van der Waals surface area contributed by atoms with Gasteiger partial charge in [0, 0.05) is 11.3 Å². The third-order valence-corrected chi connectivity index (χ3v) is 1.94. The normalized spacial score (nSPS) is 9.33. The van der Waals surface area contributed by atoms with Gasteiger partial charge in [-0.1, -0.05) is 27.7 Å². The van der Waals surface area contributed by atoms with E-state index in [9.17, 15) is 9.59 Å². The zero-order valence-corrected chi connectivity index (χ0v) is 14.5. The van der Waals surface area contributed by atoms with Gasteiger partial charge in [0.1, 0.15) is 5.60 Å². The molecule has 0 aliphatic rings. The lowest BCUT2D eigenvalue weighted by Gasteiger charge is -2.19. The Morgan fingerprint density at radius 3 is 1.71 bits per heavy atom. The van der Waals surface area contributed by atoms with Crippen LogP contribution in [0.3, 0.4) is 0 Å². The van der Waals surface area contributed by atoms with Crippen molar-refractivity contribution in [3.8, 4) is 0 Å². The minimum Gasteiger partial charge on any atom is -0.444 e. The summed E-state index contributed by atoms with van der Waals surface area (Å²) in [5.74, 6) is -0.00572. The van der Waals surface area contributed by atoms with Crippen LogP contribution in [0.5, 0.6) is 0 Å². The highest BCUT2D eigenvalue weighted by Crippen LogP contribution is 2.13. The van der Waals surface area contributed by atoms with Gasteiger partial charge in [-0.25, -0.2) is 4.79 Å². The van der Waals surface area contributed by atoms with Gasteiger partial charge in [-0.3, -0.25) is 10.1 Å². The molecule has 0 spiro atoms. The van der Waals surface area contributed by atoms with Gasteiger partial charge in [-0.05, 0) is 52.0 Å². The van der Waals surface area contributed by atoms with Crippen molar-refractivity contribution in [3.63, 3.8) is 0 Å². The zero-order valence-electron chi connectivity index (χ0n) is 14.5. The highest BCUT2D eigenvalue weighted by Gasteiger charge is 2.16. The van der Waals surface area contributed by atoms with Crippen molar-refractivity contribution in [1.82, 2.24) is 0 Å². The molecule has 21 heavy (non-hydrogen) atoms. The highest BCUT2D eigenvalue weighted by atomic mass is 16.6. The topological polar surface area (TPSA) is 55.4 Å². The summed E-state index contributed by atoms with van der Waals surface area (Å²) >= 11 is 0. The Hall–Kier alpha value is -1.84. The predicted octanol–water partition coefficient (Wildman–Crippen LogP) is 5.29. The first-order valence-corrected chi connectivity index (χ1v) is 7.39. The number of Topliss-reactive ketones (excluding diaryl/α,β-unsaturated/α-hetero) is 1. The van der Waals surface area contributed by atoms with E-state index in [4.69, 9.17) is 4.74 Å². The third kappa shape index (κ3) is 10.6. The van der Waals surface area contributed by atoms with Crippen molar-refractivity contribution in [1.29, 1.82) is 0 Å². The van der Waals surface area contributed by atoms with Crippen molar-refractivity contribution in [2.75, 3.05) is 5.32 Å². The molecule has 0 unspecified atom stereocenters. The van der Waals surface area contributed by atoms with Gasteiger partial charge in [0.05, 0.1) is 0 Å².